The van der Waals surface area contributed by atoms with E-state index in [4.69, 9.17) is 5.21 Å². The lowest BCUT2D eigenvalue weighted by Crippen LogP contribution is -2.86. The number of carbonyl (C=O) groups is 1. The quantitative estimate of drug-likeness (QED) is 0.404. The van der Waals surface area contributed by atoms with Gasteiger partial charge in [-0.05, 0) is 5.92 Å². The number of rotatable bonds is 4. The molecule has 0 spiro atoms. The molecule has 19 heavy (non-hydrogen) atoms. The van der Waals surface area contributed by atoms with E-state index in [1.54, 1.807) is 12.1 Å². The molecule has 0 unspecified atom stereocenters. The number of nitrogens with zero attached hydrogens (tertiary/aromatic N) is 1. The van der Waals surface area contributed by atoms with Crippen LogP contribution >= 0.6 is 0 Å². The minimum absolute atomic E-state index is 0.0722. The highest BCUT2D eigenvalue weighted by Gasteiger charge is 2.19. The Hall–Kier alpha value is -1.88. The van der Waals surface area contributed by atoms with Gasteiger partial charge in [0.25, 0.3) is 5.91 Å². The van der Waals surface area contributed by atoms with Gasteiger partial charge in [0.2, 0.25) is 0 Å². The summed E-state index contributed by atoms with van der Waals surface area (Å²) < 4.78 is 0. The minimum atomic E-state index is -0.316. The predicted molar refractivity (Wildman–Crippen MR) is 72.2 cm³/mol. The molecule has 1 saturated heterocycles. The van der Waals surface area contributed by atoms with Gasteiger partial charge in [-0.25, -0.2) is 0 Å². The smallest absolute Gasteiger partial charge is 0.273 e. The van der Waals surface area contributed by atoms with Crippen molar-refractivity contribution in [3.63, 3.8) is 0 Å². The number of piperidine rings is 1. The van der Waals surface area contributed by atoms with Gasteiger partial charge in [-0.2, -0.15) is 0 Å². The monoisotopic (exact) mass is 262 g/mol. The van der Waals surface area contributed by atoms with E-state index in [-0.39, 0.29) is 11.6 Å². The minimum Gasteiger partial charge on any atom is -0.410 e. The summed E-state index contributed by atoms with van der Waals surface area (Å²) in [6.45, 7) is 2.90. The number of nitrogens with two attached hydrogens (primary N) is 1. The second-order valence-electron chi connectivity index (χ2n) is 4.83. The summed E-state index contributed by atoms with van der Waals surface area (Å²) in [5, 5.41) is 17.3. The number of quaternary nitrogens is 1. The molecule has 1 fully saturated rings. The Morgan fingerprint density at radius 2 is 2.00 bits per heavy atom. The Bertz CT molecular complexity index is 439. The van der Waals surface area contributed by atoms with E-state index in [2.05, 4.69) is 15.8 Å². The van der Waals surface area contributed by atoms with Crippen LogP contribution in [0.25, 0.3) is 0 Å². The number of oxime groups is 1. The van der Waals surface area contributed by atoms with Gasteiger partial charge in [-0.1, -0.05) is 35.5 Å². The Labute approximate surface area is 112 Å². The number of amides is 1. The molecule has 4 N–H and O–H groups in total. The molecule has 1 amide bonds. The van der Waals surface area contributed by atoms with Crippen molar-refractivity contribution in [1.29, 1.82) is 0 Å². The highest BCUT2D eigenvalue weighted by molar-refractivity contribution is 6.45. The van der Waals surface area contributed by atoms with Gasteiger partial charge >= 0.3 is 0 Å². The van der Waals surface area contributed by atoms with Gasteiger partial charge in [0.05, 0.1) is 13.1 Å². The maximum Gasteiger partial charge on any atom is 0.273 e. The zero-order valence-corrected chi connectivity index (χ0v) is 10.9. The van der Waals surface area contributed by atoms with Crippen LogP contribution in [0.1, 0.15) is 18.4 Å². The van der Waals surface area contributed by atoms with Crippen LogP contribution in [0, 0.1) is 5.92 Å². The zero-order valence-electron chi connectivity index (χ0n) is 10.9. The van der Waals surface area contributed by atoms with Crippen molar-refractivity contribution in [2.24, 2.45) is 11.1 Å². The number of hydrogen-bond donors (Lipinski definition) is 3. The van der Waals surface area contributed by atoms with Crippen LogP contribution in [0.3, 0.4) is 0 Å². The standard InChI is InChI=1S/C14H19N3O2/c18-14(16-10-11-6-8-15-9-7-11)13(17-19)12-4-2-1-3-5-12/h1-5,11,15,19H,6-10H2,(H,16,18)/p+1. The van der Waals surface area contributed by atoms with E-state index < -0.39 is 0 Å². The Balaban J connectivity index is 1.91. The summed E-state index contributed by atoms with van der Waals surface area (Å²) in [6.07, 6.45) is 2.24. The predicted octanol–water partition coefficient (Wildman–Crippen LogP) is -0.0455. The molecule has 0 aliphatic carbocycles. The van der Waals surface area contributed by atoms with Crippen LogP contribution in [-0.2, 0) is 4.79 Å². The van der Waals surface area contributed by atoms with E-state index in [0.717, 1.165) is 25.9 Å². The molecule has 0 saturated carbocycles. The first-order valence-corrected chi connectivity index (χ1v) is 6.68. The second-order valence-corrected chi connectivity index (χ2v) is 4.83. The third-order valence-corrected chi connectivity index (χ3v) is 3.47. The number of hydrogen-bond acceptors (Lipinski definition) is 3. The van der Waals surface area contributed by atoms with E-state index in [9.17, 15) is 4.79 Å². The van der Waals surface area contributed by atoms with E-state index >= 15 is 0 Å². The summed E-state index contributed by atoms with van der Waals surface area (Å²) in [4.78, 5) is 12.0. The normalized spacial score (nSPS) is 17.2. The molecule has 5 heteroatoms. The largest absolute Gasteiger partial charge is 0.410 e. The Morgan fingerprint density at radius 1 is 1.32 bits per heavy atom. The number of carbonyl (C=O) groups excluding carboxylic acids is 1. The van der Waals surface area contributed by atoms with Crippen LogP contribution in [-0.4, -0.2) is 36.5 Å². The molecule has 0 bridgehead atoms. The third kappa shape index (κ3) is 3.79. The van der Waals surface area contributed by atoms with Crippen molar-refractivity contribution in [1.82, 2.24) is 5.32 Å². The molecule has 0 aromatic heterocycles. The van der Waals surface area contributed by atoms with E-state index in [1.165, 1.54) is 0 Å². The third-order valence-electron chi connectivity index (χ3n) is 3.47. The van der Waals surface area contributed by atoms with Crippen LogP contribution in [0.4, 0.5) is 0 Å². The molecular formula is C14H20N3O2+. The summed E-state index contributed by atoms with van der Waals surface area (Å²) in [5.74, 6) is 0.216. The van der Waals surface area contributed by atoms with E-state index in [1.807, 2.05) is 18.2 Å². The lowest BCUT2D eigenvalue weighted by Gasteiger charge is -2.20. The molecular weight excluding hydrogens is 242 g/mol. The molecule has 0 radical (unpaired) electrons. The molecule has 1 aliphatic rings. The van der Waals surface area contributed by atoms with Gasteiger partial charge < -0.3 is 15.8 Å². The van der Waals surface area contributed by atoms with Crippen molar-refractivity contribution in [3.8, 4) is 0 Å². The number of nitrogens with one attached hydrogen (secondary N) is 1. The van der Waals surface area contributed by atoms with Crippen molar-refractivity contribution < 1.29 is 15.3 Å². The van der Waals surface area contributed by atoms with Gasteiger partial charge in [0, 0.05) is 24.9 Å². The Kier molecular flexibility index (Phi) is 4.92. The summed E-state index contributed by atoms with van der Waals surface area (Å²) >= 11 is 0. The second kappa shape index (κ2) is 6.89. The molecule has 5 nitrogen and oxygen atoms in total. The first-order chi connectivity index (χ1) is 9.31. The maximum absolute atomic E-state index is 12.0. The summed E-state index contributed by atoms with van der Waals surface area (Å²) in [5.41, 5.74) is 0.697. The Morgan fingerprint density at radius 3 is 2.63 bits per heavy atom. The zero-order chi connectivity index (χ0) is 13.5. The molecule has 102 valence electrons. The molecule has 1 aromatic carbocycles. The summed E-state index contributed by atoms with van der Waals surface area (Å²) in [6, 6.07) is 8.98. The first kappa shape index (κ1) is 13.5. The molecule has 1 heterocycles. The molecule has 1 aromatic rings. The van der Waals surface area contributed by atoms with Crippen LogP contribution in [0.15, 0.2) is 35.5 Å². The fraction of sp³-hybridized carbons (Fsp3) is 0.429. The topological polar surface area (TPSA) is 78.3 Å². The van der Waals surface area contributed by atoms with Crippen molar-refractivity contribution in [2.45, 2.75) is 12.8 Å². The van der Waals surface area contributed by atoms with Crippen molar-refractivity contribution in [3.05, 3.63) is 35.9 Å². The van der Waals surface area contributed by atoms with Gasteiger partial charge in [0.1, 0.15) is 0 Å². The highest BCUT2D eigenvalue weighted by Crippen LogP contribution is 2.07. The number of benzene rings is 1. The molecule has 0 atom stereocenters. The average Bonchev–Trinajstić information content (AvgIpc) is 2.48. The highest BCUT2D eigenvalue weighted by atomic mass is 16.4. The van der Waals surface area contributed by atoms with Gasteiger partial charge in [-0.15, -0.1) is 0 Å². The fourth-order valence-electron chi connectivity index (χ4n) is 2.35. The lowest BCUT2D eigenvalue weighted by molar-refractivity contribution is -0.664. The molecule has 1 aliphatic heterocycles. The van der Waals surface area contributed by atoms with E-state index in [0.29, 0.717) is 18.0 Å². The van der Waals surface area contributed by atoms with Crippen molar-refractivity contribution >= 4 is 11.6 Å². The maximum atomic E-state index is 12.0. The first-order valence-electron chi connectivity index (χ1n) is 6.68. The van der Waals surface area contributed by atoms with Gasteiger partial charge in [0.15, 0.2) is 5.71 Å². The van der Waals surface area contributed by atoms with Gasteiger partial charge in [-0.3, -0.25) is 4.79 Å². The average molecular weight is 262 g/mol. The lowest BCUT2D eigenvalue weighted by atomic mass is 9.98. The SMILES string of the molecule is O=C(NCC1CC[NH2+]CC1)C(=NO)c1ccccc1. The summed E-state index contributed by atoms with van der Waals surface area (Å²) in [7, 11) is 0. The fourth-order valence-corrected chi connectivity index (χ4v) is 2.35. The van der Waals surface area contributed by atoms with Crippen molar-refractivity contribution in [2.75, 3.05) is 19.6 Å². The van der Waals surface area contributed by atoms with Crippen LogP contribution in [0.2, 0.25) is 0 Å². The van der Waals surface area contributed by atoms with Crippen LogP contribution in [0.5, 0.6) is 0 Å². The molecule has 2 rings (SSSR count). The van der Waals surface area contributed by atoms with Crippen LogP contribution < -0.4 is 10.6 Å².